The van der Waals surface area contributed by atoms with Gasteiger partial charge in [-0.3, -0.25) is 14.5 Å². The van der Waals surface area contributed by atoms with Crippen LogP contribution in [-0.4, -0.2) is 49.5 Å². The topological polar surface area (TPSA) is 102 Å². The summed E-state index contributed by atoms with van der Waals surface area (Å²) in [4.78, 5) is 32.9. The molecule has 1 aliphatic rings. The maximum atomic E-state index is 14.9. The molecule has 0 saturated carbocycles. The zero-order chi connectivity index (χ0) is 35.6. The van der Waals surface area contributed by atoms with Crippen molar-refractivity contribution in [3.05, 3.63) is 104 Å². The van der Waals surface area contributed by atoms with Gasteiger partial charge in [0.25, 0.3) is 5.91 Å². The predicted molar refractivity (Wildman–Crippen MR) is 198 cm³/mol. The van der Waals surface area contributed by atoms with Crippen molar-refractivity contribution >= 4 is 62.6 Å². The van der Waals surface area contributed by atoms with Crippen LogP contribution < -0.4 is 9.64 Å². The van der Waals surface area contributed by atoms with Gasteiger partial charge in [0.1, 0.15) is 11.4 Å². The number of carbonyl (C=O) groups excluding carboxylic acids is 1. The summed E-state index contributed by atoms with van der Waals surface area (Å²) in [7, 11) is 1.92. The highest BCUT2D eigenvalue weighted by atomic mass is 35.5. The van der Waals surface area contributed by atoms with Crippen molar-refractivity contribution in [2.75, 3.05) is 18.1 Å². The van der Waals surface area contributed by atoms with Gasteiger partial charge in [-0.25, -0.2) is 4.79 Å². The molecule has 0 aliphatic carbocycles. The molecule has 11 heteroatoms. The molecule has 7 rings (SSSR count). The number of carboxylic acid groups (broad SMARTS) is 1. The number of halogens is 2. The summed E-state index contributed by atoms with van der Waals surface area (Å²) >= 11 is 13.4. The van der Waals surface area contributed by atoms with Gasteiger partial charge in [-0.2, -0.15) is 5.10 Å². The first-order chi connectivity index (χ1) is 23.9. The molecule has 9 nitrogen and oxygen atoms in total. The highest BCUT2D eigenvalue weighted by molar-refractivity contribution is 6.35. The number of nitrogens with zero attached hydrogens (tertiary/aromatic N) is 5. The van der Waals surface area contributed by atoms with Crippen molar-refractivity contribution < 1.29 is 19.4 Å². The Morgan fingerprint density at radius 1 is 1.04 bits per heavy atom. The van der Waals surface area contributed by atoms with Crippen LogP contribution in [0, 0.1) is 27.7 Å². The van der Waals surface area contributed by atoms with Crippen LogP contribution in [0.3, 0.4) is 0 Å². The van der Waals surface area contributed by atoms with Gasteiger partial charge in [-0.1, -0.05) is 41.4 Å². The zero-order valence-corrected chi connectivity index (χ0v) is 30.3. The first-order valence-electron chi connectivity index (χ1n) is 16.6. The summed E-state index contributed by atoms with van der Waals surface area (Å²) in [6.45, 7) is 10.9. The number of ether oxygens (including phenoxy) is 1. The number of amides is 1. The molecule has 50 heavy (non-hydrogen) atoms. The third kappa shape index (κ3) is 5.49. The number of hydrogen-bond acceptors (Lipinski definition) is 5. The van der Waals surface area contributed by atoms with Crippen molar-refractivity contribution in [2.24, 2.45) is 7.05 Å². The largest absolute Gasteiger partial charge is 0.494 e. The molecule has 4 heterocycles. The van der Waals surface area contributed by atoms with Gasteiger partial charge in [0.05, 0.1) is 39.6 Å². The summed E-state index contributed by atoms with van der Waals surface area (Å²) < 4.78 is 10.2. The van der Waals surface area contributed by atoms with E-state index in [0.717, 1.165) is 60.9 Å². The van der Waals surface area contributed by atoms with E-state index in [4.69, 9.17) is 33.0 Å². The van der Waals surface area contributed by atoms with Crippen LogP contribution >= 0.6 is 23.2 Å². The molecule has 0 bridgehead atoms. The van der Waals surface area contributed by atoms with Gasteiger partial charge in [0.15, 0.2) is 0 Å². The van der Waals surface area contributed by atoms with Gasteiger partial charge < -0.3 is 19.3 Å². The number of para-hydroxylation sites is 1. The maximum Gasteiger partial charge on any atom is 0.337 e. The standard InChI is InChI=1S/C39H37Cl2N5O4/c1-20-15-27(16-21(2)34(20)41)50-14-8-10-28-29-12-13-30(40)33(32-23(4)43-44(6)24(32)5)36(29)46-22(3)19-45(38(47)37(28)46)31-11-7-9-25-17-26(39(48)49)18-42-35(25)31/h7,9,11-13,15-18,22H,8,10,14,19H2,1-6H3,(H,48,49)/t22-/m1/s1. The van der Waals surface area contributed by atoms with Crippen molar-refractivity contribution in [2.45, 2.75) is 53.5 Å². The van der Waals surface area contributed by atoms with Crippen LogP contribution in [0.1, 0.15) is 68.3 Å². The minimum Gasteiger partial charge on any atom is -0.494 e. The quantitative estimate of drug-likeness (QED) is 0.158. The number of hydrogen-bond donors (Lipinski definition) is 1. The number of aryl methyl sites for hydroxylation is 5. The van der Waals surface area contributed by atoms with Crippen LogP contribution in [0.25, 0.3) is 32.9 Å². The van der Waals surface area contributed by atoms with Crippen LogP contribution in [-0.2, 0) is 13.5 Å². The number of pyridine rings is 1. The monoisotopic (exact) mass is 709 g/mol. The molecule has 3 aromatic heterocycles. The van der Waals surface area contributed by atoms with Crippen LogP contribution in [0.5, 0.6) is 5.75 Å². The molecule has 1 amide bonds. The molecule has 0 spiro atoms. The Balaban J connectivity index is 1.37. The normalized spacial score (nSPS) is 14.5. The van der Waals surface area contributed by atoms with Crippen LogP contribution in [0.4, 0.5) is 5.69 Å². The van der Waals surface area contributed by atoms with E-state index in [1.807, 2.05) is 81.9 Å². The van der Waals surface area contributed by atoms with E-state index < -0.39 is 5.97 Å². The molecule has 6 aromatic rings. The molecular formula is C39H37Cl2N5O4. The first kappa shape index (κ1) is 33.6. The lowest BCUT2D eigenvalue weighted by Gasteiger charge is -2.34. The molecule has 0 saturated heterocycles. The van der Waals surface area contributed by atoms with E-state index in [2.05, 4.69) is 16.5 Å². The van der Waals surface area contributed by atoms with Crippen molar-refractivity contribution in [3.63, 3.8) is 0 Å². The lowest BCUT2D eigenvalue weighted by atomic mass is 9.98. The van der Waals surface area contributed by atoms with Crippen molar-refractivity contribution in [1.29, 1.82) is 0 Å². The lowest BCUT2D eigenvalue weighted by molar-refractivity contribution is 0.0696. The van der Waals surface area contributed by atoms with Gasteiger partial charge in [0, 0.05) is 58.4 Å². The third-order valence-electron chi connectivity index (χ3n) is 9.79. The molecule has 1 N–H and O–H groups in total. The van der Waals surface area contributed by atoms with Gasteiger partial charge >= 0.3 is 5.97 Å². The Bertz CT molecular complexity index is 2350. The fraction of sp³-hybridized carbons (Fsp3) is 0.282. The molecule has 3 aromatic carbocycles. The average Bonchev–Trinajstić information content (AvgIpc) is 3.55. The second-order valence-electron chi connectivity index (χ2n) is 13.2. The number of carboxylic acids is 1. The maximum absolute atomic E-state index is 14.9. The van der Waals surface area contributed by atoms with Crippen LogP contribution in [0.15, 0.2) is 54.7 Å². The van der Waals surface area contributed by atoms with E-state index in [-0.39, 0.29) is 17.5 Å². The predicted octanol–water partition coefficient (Wildman–Crippen LogP) is 9.06. The van der Waals surface area contributed by atoms with E-state index in [9.17, 15) is 14.7 Å². The molecule has 0 fully saturated rings. The van der Waals surface area contributed by atoms with Gasteiger partial charge in [-0.05, 0) is 94.5 Å². The molecular weight excluding hydrogens is 673 g/mol. The molecule has 1 aliphatic heterocycles. The molecule has 0 unspecified atom stereocenters. The third-order valence-corrected chi connectivity index (χ3v) is 10.7. The van der Waals surface area contributed by atoms with E-state index in [1.54, 1.807) is 11.0 Å². The Hall–Kier alpha value is -4.86. The van der Waals surface area contributed by atoms with Crippen molar-refractivity contribution in [3.8, 4) is 16.9 Å². The number of rotatable bonds is 8. The lowest BCUT2D eigenvalue weighted by Crippen LogP contribution is -2.42. The molecule has 256 valence electrons. The first-order valence-corrected chi connectivity index (χ1v) is 17.3. The van der Waals surface area contributed by atoms with Crippen molar-refractivity contribution in [1.82, 2.24) is 19.3 Å². The minimum absolute atomic E-state index is 0.0898. The molecule has 1 atom stereocenters. The number of benzene rings is 3. The van der Waals surface area contributed by atoms with Gasteiger partial charge in [-0.15, -0.1) is 0 Å². The Labute approximate surface area is 300 Å². The summed E-state index contributed by atoms with van der Waals surface area (Å²) in [5.41, 5.74) is 9.30. The van der Waals surface area contributed by atoms with Crippen LogP contribution in [0.2, 0.25) is 10.0 Å². The summed E-state index contributed by atoms with van der Waals surface area (Å²) in [5, 5.41) is 17.2. The summed E-state index contributed by atoms with van der Waals surface area (Å²) in [5.74, 6) is -0.451. The minimum atomic E-state index is -1.06. The zero-order valence-electron chi connectivity index (χ0n) is 28.8. The number of aromatic nitrogens is 4. The van der Waals surface area contributed by atoms with E-state index in [0.29, 0.717) is 53.3 Å². The Kier molecular flexibility index (Phi) is 8.60. The smallest absolute Gasteiger partial charge is 0.337 e. The SMILES string of the molecule is Cc1cc(OCCCc2c3n(c4c(-c5c(C)nn(C)c5C)c(Cl)ccc24)[C@H](C)CN(c2cccc4cc(C(=O)O)cnc24)C3=O)cc(C)c1Cl. The second kappa shape index (κ2) is 12.8. The fourth-order valence-electron chi connectivity index (χ4n) is 7.42. The number of carbonyl (C=O) groups is 2. The van der Waals surface area contributed by atoms with E-state index >= 15 is 0 Å². The molecule has 0 radical (unpaired) electrons. The van der Waals surface area contributed by atoms with E-state index in [1.165, 1.54) is 6.20 Å². The number of fused-ring (bicyclic) bond motifs is 4. The highest BCUT2D eigenvalue weighted by Crippen LogP contribution is 2.45. The van der Waals surface area contributed by atoms with Gasteiger partial charge in [0.2, 0.25) is 0 Å². The summed E-state index contributed by atoms with van der Waals surface area (Å²) in [6, 6.07) is 14.8. The summed E-state index contributed by atoms with van der Waals surface area (Å²) in [6.07, 6.45) is 2.58. The fourth-order valence-corrected chi connectivity index (χ4v) is 7.77. The average molecular weight is 711 g/mol. The number of anilines is 1. The Morgan fingerprint density at radius 3 is 2.46 bits per heavy atom. The number of aromatic carboxylic acids is 1. The second-order valence-corrected chi connectivity index (χ2v) is 13.9. The Morgan fingerprint density at radius 2 is 1.78 bits per heavy atom. The highest BCUT2D eigenvalue weighted by Gasteiger charge is 2.37.